The molecule has 28 valence electrons. The maximum absolute atomic E-state index is 2.99. The summed E-state index contributed by atoms with van der Waals surface area (Å²) in [5.41, 5.74) is 0. The van der Waals surface area contributed by atoms with Crippen molar-refractivity contribution in [3.8, 4) is 0 Å². The first-order valence-electron chi connectivity index (χ1n) is 1.72. The molecular weight excluding hydrogens is 264 g/mol. The maximum Gasteiger partial charge on any atom is 1.00 e. The molecule has 6 heavy (non-hydrogen) atoms. The average molecular weight is 269 g/mol. The quantitative estimate of drug-likeness (QED) is 0.453. The van der Waals surface area contributed by atoms with Crippen LogP contribution in [-0.4, -0.2) is 27.3 Å². The van der Waals surface area contributed by atoms with Gasteiger partial charge >= 0.3 is 27.3 Å². The number of hydrogen-bond acceptors (Lipinski definition) is 0. The van der Waals surface area contributed by atoms with Crippen molar-refractivity contribution in [2.24, 2.45) is 0 Å². The van der Waals surface area contributed by atoms with Crippen molar-refractivity contribution >= 4 is 27.3 Å². The molecule has 0 atom stereocenters. The zero-order valence-corrected chi connectivity index (χ0v) is 8.01. The molecule has 0 heterocycles. The van der Waals surface area contributed by atoms with E-state index in [0.717, 1.165) is 6.42 Å². The molecule has 0 saturated carbocycles. The largest absolute Gasteiger partial charge is 1.00 e. The van der Waals surface area contributed by atoms with E-state index < -0.39 is 0 Å². The minimum atomic E-state index is 0. The summed E-state index contributed by atoms with van der Waals surface area (Å²) in [7, 11) is 0. The van der Waals surface area contributed by atoms with Gasteiger partial charge in [-0.15, -0.1) is 6.42 Å². The van der Waals surface area contributed by atoms with Gasteiger partial charge in [0.25, 0.3) is 0 Å². The predicted octanol–water partition coefficient (Wildman–Crippen LogP) is 0.925. The third-order valence-corrected chi connectivity index (χ3v) is 0.586. The van der Waals surface area contributed by atoms with Gasteiger partial charge in [0.15, 0.2) is 0 Å². The van der Waals surface area contributed by atoms with Gasteiger partial charge in [-0.1, -0.05) is 0 Å². The van der Waals surface area contributed by atoms with Crippen LogP contribution in [0.5, 0.6) is 0 Å². The summed E-state index contributed by atoms with van der Waals surface area (Å²) < 4.78 is 0. The molecule has 0 spiro atoms. The average Bonchev–Trinajstić information content (AvgIpc) is 1.76. The summed E-state index contributed by atoms with van der Waals surface area (Å²) >= 11 is 0. The van der Waals surface area contributed by atoms with Gasteiger partial charge in [-0.2, -0.15) is 6.08 Å². The molecule has 0 radical (unpaired) electrons. The Hall–Kier alpha value is 0.402. The predicted molar refractivity (Wildman–Crippen MR) is 27.3 cm³/mol. The van der Waals surface area contributed by atoms with E-state index in [4.69, 9.17) is 0 Å². The van der Waals surface area contributed by atoms with Crippen LogP contribution in [0.15, 0.2) is 18.2 Å². The second-order valence-electron chi connectivity index (χ2n) is 1.00. The van der Waals surface area contributed by atoms with Crippen molar-refractivity contribution in [1.82, 2.24) is 0 Å². The van der Waals surface area contributed by atoms with E-state index in [-0.39, 0.29) is 27.3 Å². The minimum Gasteiger partial charge on any atom is -0.273 e. The molecular formula is C5H5Tl. The van der Waals surface area contributed by atoms with Crippen LogP contribution in [0, 0.1) is 6.08 Å². The monoisotopic (exact) mass is 270 g/mol. The van der Waals surface area contributed by atoms with Gasteiger partial charge in [0.05, 0.1) is 0 Å². The molecule has 0 aromatic rings. The van der Waals surface area contributed by atoms with Crippen molar-refractivity contribution in [2.45, 2.75) is 6.42 Å². The molecule has 0 N–H and O–H groups in total. The molecule has 1 aliphatic rings. The Balaban J connectivity index is 0.000000250. The first-order chi connectivity index (χ1) is 2.50. The van der Waals surface area contributed by atoms with E-state index in [9.17, 15) is 0 Å². The number of hydrogen-bond donors (Lipinski definition) is 0. The second-order valence-corrected chi connectivity index (χ2v) is 1.00. The molecule has 1 rings (SSSR count). The van der Waals surface area contributed by atoms with E-state index in [1.54, 1.807) is 0 Å². The van der Waals surface area contributed by atoms with Gasteiger partial charge in [-0.05, 0) is 0 Å². The van der Waals surface area contributed by atoms with E-state index in [1.165, 1.54) is 0 Å². The summed E-state index contributed by atoms with van der Waals surface area (Å²) in [5, 5.41) is 0. The van der Waals surface area contributed by atoms with Crippen LogP contribution in [0.2, 0.25) is 0 Å². The molecule has 1 aliphatic carbocycles. The Bertz CT molecular complexity index is 62.0. The second kappa shape index (κ2) is 3.59. The van der Waals surface area contributed by atoms with Crippen LogP contribution >= 0.6 is 0 Å². The maximum atomic E-state index is 2.99. The first kappa shape index (κ1) is 6.40. The summed E-state index contributed by atoms with van der Waals surface area (Å²) in [5.74, 6) is 0. The molecule has 0 aromatic heterocycles. The molecule has 0 fully saturated rings. The Morgan fingerprint density at radius 3 is 2.50 bits per heavy atom. The van der Waals surface area contributed by atoms with Crippen molar-refractivity contribution in [3.63, 3.8) is 0 Å². The van der Waals surface area contributed by atoms with Crippen molar-refractivity contribution in [2.75, 3.05) is 0 Å². The smallest absolute Gasteiger partial charge is 0.273 e. The topological polar surface area (TPSA) is 0 Å². The molecule has 0 aliphatic heterocycles. The van der Waals surface area contributed by atoms with Crippen LogP contribution in [0.4, 0.5) is 0 Å². The molecule has 0 saturated heterocycles. The fourth-order valence-corrected chi connectivity index (χ4v) is 0.340. The van der Waals surface area contributed by atoms with Crippen molar-refractivity contribution in [1.29, 1.82) is 0 Å². The van der Waals surface area contributed by atoms with Gasteiger partial charge < -0.3 is 0 Å². The molecule has 0 nitrogen and oxygen atoms in total. The van der Waals surface area contributed by atoms with Gasteiger partial charge in [-0.3, -0.25) is 6.08 Å². The van der Waals surface area contributed by atoms with E-state index in [2.05, 4.69) is 12.2 Å². The SMILES string of the molecule is [C-]1=CC=CC1.[Tl+]. The number of rotatable bonds is 0. The zero-order valence-electron chi connectivity index (χ0n) is 3.52. The molecule has 0 aromatic carbocycles. The normalized spacial score (nSPS) is 14.7. The van der Waals surface area contributed by atoms with Crippen LogP contribution in [-0.2, 0) is 0 Å². The summed E-state index contributed by atoms with van der Waals surface area (Å²) in [4.78, 5) is 0. The van der Waals surface area contributed by atoms with Crippen LogP contribution in [0.1, 0.15) is 6.42 Å². The van der Waals surface area contributed by atoms with Crippen LogP contribution < -0.4 is 0 Å². The Morgan fingerprint density at radius 1 is 1.50 bits per heavy atom. The molecule has 0 unspecified atom stereocenters. The van der Waals surface area contributed by atoms with Gasteiger partial charge in [0, 0.05) is 0 Å². The van der Waals surface area contributed by atoms with E-state index in [0.29, 0.717) is 0 Å². The zero-order chi connectivity index (χ0) is 3.54. The third kappa shape index (κ3) is 1.75. The van der Waals surface area contributed by atoms with Crippen molar-refractivity contribution < 1.29 is 0 Å². The van der Waals surface area contributed by atoms with Gasteiger partial charge in [0.1, 0.15) is 0 Å². The Morgan fingerprint density at radius 2 is 2.33 bits per heavy atom. The summed E-state index contributed by atoms with van der Waals surface area (Å²) in [6, 6.07) is 0. The summed E-state index contributed by atoms with van der Waals surface area (Å²) in [6.45, 7) is 0. The molecule has 0 bridgehead atoms. The minimum absolute atomic E-state index is 0. The van der Waals surface area contributed by atoms with Crippen LogP contribution in [0.25, 0.3) is 0 Å². The molecule has 1 heteroatoms. The number of allylic oxidation sites excluding steroid dienone is 4. The fraction of sp³-hybridized carbons (Fsp3) is 0.200. The van der Waals surface area contributed by atoms with Crippen LogP contribution in [0.3, 0.4) is 0 Å². The first-order valence-corrected chi connectivity index (χ1v) is 1.72. The third-order valence-electron chi connectivity index (χ3n) is 0.586. The van der Waals surface area contributed by atoms with E-state index >= 15 is 0 Å². The van der Waals surface area contributed by atoms with Crippen molar-refractivity contribution in [3.05, 3.63) is 24.3 Å². The Kier molecular flexibility index (Phi) is 3.83. The summed E-state index contributed by atoms with van der Waals surface area (Å²) in [6.07, 6.45) is 10.0. The molecule has 0 amide bonds. The standard InChI is InChI=1S/C5H5.Tl/c1-2-4-5-3-1;/h1-3H,4H2;/q-1;+1. The van der Waals surface area contributed by atoms with Gasteiger partial charge in [0.2, 0.25) is 0 Å². The van der Waals surface area contributed by atoms with E-state index in [1.807, 2.05) is 12.2 Å². The van der Waals surface area contributed by atoms with Gasteiger partial charge in [-0.25, -0.2) is 12.2 Å². The Labute approximate surface area is 58.1 Å². The fourth-order valence-electron chi connectivity index (χ4n) is 0.340.